The lowest BCUT2D eigenvalue weighted by atomic mass is 10.2. The van der Waals surface area contributed by atoms with Crippen molar-refractivity contribution in [3.63, 3.8) is 0 Å². The Bertz CT molecular complexity index is 131. The van der Waals surface area contributed by atoms with E-state index in [-0.39, 0.29) is 12.4 Å². The molecular formula is C5H11ClN2O2. The molecule has 1 aliphatic rings. The lowest BCUT2D eigenvalue weighted by molar-refractivity contribution is -0.142. The molecule has 0 spiro atoms. The number of amides is 1. The molecule has 1 saturated heterocycles. The van der Waals surface area contributed by atoms with Gasteiger partial charge in [-0.1, -0.05) is 0 Å². The lowest BCUT2D eigenvalue weighted by Gasteiger charge is -2.12. The number of hydrogen-bond donors (Lipinski definition) is 2. The van der Waals surface area contributed by atoms with Gasteiger partial charge in [-0.25, -0.2) is 0 Å². The molecule has 0 saturated carbocycles. The van der Waals surface area contributed by atoms with Crippen LogP contribution < -0.4 is 5.73 Å². The molecule has 1 rings (SSSR count). The van der Waals surface area contributed by atoms with Gasteiger partial charge in [0.15, 0.2) is 0 Å². The highest BCUT2D eigenvalue weighted by atomic mass is 35.5. The third-order valence-corrected chi connectivity index (χ3v) is 1.55. The van der Waals surface area contributed by atoms with Crippen LogP contribution in [0.4, 0.5) is 0 Å². The number of halogens is 1. The molecule has 0 radical (unpaired) electrons. The molecule has 1 aliphatic heterocycles. The van der Waals surface area contributed by atoms with Crippen LogP contribution in [0.25, 0.3) is 0 Å². The normalized spacial score (nSPS) is 25.9. The minimum absolute atomic E-state index is 0. The molecule has 5 heteroatoms. The quantitative estimate of drug-likeness (QED) is 0.565. The van der Waals surface area contributed by atoms with E-state index in [0.717, 1.165) is 11.5 Å². The highest BCUT2D eigenvalue weighted by Gasteiger charge is 2.27. The van der Waals surface area contributed by atoms with E-state index < -0.39 is 11.9 Å². The molecule has 1 fully saturated rings. The fourth-order valence-electron chi connectivity index (χ4n) is 1.04. The number of carbonyl (C=O) groups is 1. The van der Waals surface area contributed by atoms with E-state index in [1.54, 1.807) is 0 Å². The zero-order chi connectivity index (χ0) is 6.85. The maximum Gasteiger partial charge on any atom is 0.237 e. The molecule has 0 aromatic rings. The molecule has 0 bridgehead atoms. The number of hydroxylamine groups is 2. The highest BCUT2D eigenvalue weighted by molar-refractivity contribution is 5.85. The van der Waals surface area contributed by atoms with Gasteiger partial charge in [0.2, 0.25) is 5.91 Å². The van der Waals surface area contributed by atoms with Crippen molar-refractivity contribution < 1.29 is 10.0 Å². The first kappa shape index (κ1) is 9.68. The number of carbonyl (C=O) groups excluding carboxylic acids is 1. The predicted molar refractivity (Wildman–Crippen MR) is 38.0 cm³/mol. The lowest BCUT2D eigenvalue weighted by Crippen LogP contribution is -2.38. The molecule has 1 heterocycles. The monoisotopic (exact) mass is 166 g/mol. The van der Waals surface area contributed by atoms with Crippen molar-refractivity contribution in [2.45, 2.75) is 18.9 Å². The first-order valence-electron chi connectivity index (χ1n) is 2.96. The standard InChI is InChI=1S/C5H10N2O2.ClH/c6-5(8)4-2-1-3-7(4)9;/h4,9H,1-3H2,(H2,6,8);1H/t4-;/m0./s1. The second-order valence-electron chi connectivity index (χ2n) is 2.22. The SMILES string of the molecule is Cl.NC(=O)[C@@H]1CCCN1O. The Hall–Kier alpha value is -0.320. The summed E-state index contributed by atoms with van der Waals surface area (Å²) in [7, 11) is 0. The summed E-state index contributed by atoms with van der Waals surface area (Å²) in [4.78, 5) is 10.4. The molecule has 10 heavy (non-hydrogen) atoms. The third kappa shape index (κ3) is 1.83. The van der Waals surface area contributed by atoms with E-state index in [2.05, 4.69) is 0 Å². The Morgan fingerprint density at radius 2 is 2.30 bits per heavy atom. The van der Waals surface area contributed by atoms with Crippen molar-refractivity contribution >= 4 is 18.3 Å². The molecule has 0 aliphatic carbocycles. The second kappa shape index (κ2) is 3.75. The molecule has 0 unspecified atom stereocenters. The number of primary amides is 1. The van der Waals surface area contributed by atoms with E-state index in [1.165, 1.54) is 0 Å². The number of rotatable bonds is 1. The summed E-state index contributed by atoms with van der Waals surface area (Å²) < 4.78 is 0. The molecular weight excluding hydrogens is 156 g/mol. The zero-order valence-electron chi connectivity index (χ0n) is 5.49. The Balaban J connectivity index is 0.000000810. The molecule has 1 amide bonds. The van der Waals surface area contributed by atoms with Gasteiger partial charge in [-0.15, -0.1) is 12.4 Å². The summed E-state index contributed by atoms with van der Waals surface area (Å²) in [6.45, 7) is 0.563. The third-order valence-electron chi connectivity index (χ3n) is 1.55. The molecule has 3 N–H and O–H groups in total. The van der Waals surface area contributed by atoms with Gasteiger partial charge >= 0.3 is 0 Å². The fraction of sp³-hybridized carbons (Fsp3) is 0.800. The summed E-state index contributed by atoms with van der Waals surface area (Å²) in [5.41, 5.74) is 4.95. The van der Waals surface area contributed by atoms with Crippen molar-refractivity contribution in [1.29, 1.82) is 0 Å². The predicted octanol–water partition coefficient (Wildman–Crippen LogP) is -0.253. The van der Waals surface area contributed by atoms with Crippen molar-refractivity contribution in [2.24, 2.45) is 5.73 Å². The number of nitrogens with two attached hydrogens (primary N) is 1. The van der Waals surface area contributed by atoms with Crippen molar-refractivity contribution in [1.82, 2.24) is 5.06 Å². The first-order chi connectivity index (χ1) is 4.22. The van der Waals surface area contributed by atoms with E-state index >= 15 is 0 Å². The van der Waals surface area contributed by atoms with Crippen LogP contribution >= 0.6 is 12.4 Å². The Labute approximate surface area is 65.4 Å². The Morgan fingerprint density at radius 3 is 2.50 bits per heavy atom. The van der Waals surface area contributed by atoms with Gasteiger partial charge in [-0.05, 0) is 12.8 Å². The summed E-state index contributed by atoms with van der Waals surface area (Å²) in [5.74, 6) is -0.435. The zero-order valence-corrected chi connectivity index (χ0v) is 6.30. The molecule has 0 aromatic carbocycles. The topological polar surface area (TPSA) is 66.6 Å². The molecule has 1 atom stereocenters. The first-order valence-corrected chi connectivity index (χ1v) is 2.96. The summed E-state index contributed by atoms with van der Waals surface area (Å²) in [6, 6.07) is -0.440. The van der Waals surface area contributed by atoms with Crippen LogP contribution in [0.1, 0.15) is 12.8 Å². The maximum absolute atomic E-state index is 10.4. The largest absolute Gasteiger partial charge is 0.368 e. The van der Waals surface area contributed by atoms with Gasteiger partial charge < -0.3 is 10.9 Å². The highest BCUT2D eigenvalue weighted by Crippen LogP contribution is 2.12. The fourth-order valence-corrected chi connectivity index (χ4v) is 1.04. The van der Waals surface area contributed by atoms with E-state index in [1.807, 2.05) is 0 Å². The van der Waals surface area contributed by atoms with Crippen molar-refractivity contribution in [3.05, 3.63) is 0 Å². The van der Waals surface area contributed by atoms with Crippen LogP contribution in [0.15, 0.2) is 0 Å². The molecule has 0 aromatic heterocycles. The summed E-state index contributed by atoms with van der Waals surface area (Å²) in [5, 5.41) is 9.89. The molecule has 4 nitrogen and oxygen atoms in total. The summed E-state index contributed by atoms with van der Waals surface area (Å²) >= 11 is 0. The van der Waals surface area contributed by atoms with Gasteiger partial charge in [0.05, 0.1) is 0 Å². The number of hydrogen-bond acceptors (Lipinski definition) is 3. The average Bonchev–Trinajstić information content (AvgIpc) is 2.13. The number of nitrogens with zero attached hydrogens (tertiary/aromatic N) is 1. The average molecular weight is 167 g/mol. The van der Waals surface area contributed by atoms with E-state index in [4.69, 9.17) is 10.9 Å². The smallest absolute Gasteiger partial charge is 0.237 e. The van der Waals surface area contributed by atoms with E-state index in [0.29, 0.717) is 13.0 Å². The van der Waals surface area contributed by atoms with Gasteiger partial charge in [0, 0.05) is 6.54 Å². The van der Waals surface area contributed by atoms with Crippen LogP contribution in [0.3, 0.4) is 0 Å². The Kier molecular flexibility index (Phi) is 3.63. The minimum atomic E-state index is -0.440. The van der Waals surface area contributed by atoms with Crippen LogP contribution in [0, 0.1) is 0 Å². The van der Waals surface area contributed by atoms with Crippen molar-refractivity contribution in [2.75, 3.05) is 6.54 Å². The second-order valence-corrected chi connectivity index (χ2v) is 2.22. The van der Waals surface area contributed by atoms with Crippen LogP contribution in [-0.2, 0) is 4.79 Å². The van der Waals surface area contributed by atoms with Crippen LogP contribution in [0.5, 0.6) is 0 Å². The minimum Gasteiger partial charge on any atom is -0.368 e. The Morgan fingerprint density at radius 1 is 1.70 bits per heavy atom. The van der Waals surface area contributed by atoms with Crippen LogP contribution in [0.2, 0.25) is 0 Å². The van der Waals surface area contributed by atoms with Gasteiger partial charge in [-0.3, -0.25) is 4.79 Å². The maximum atomic E-state index is 10.4. The van der Waals surface area contributed by atoms with Crippen LogP contribution in [-0.4, -0.2) is 28.8 Å². The van der Waals surface area contributed by atoms with E-state index in [9.17, 15) is 4.79 Å². The molecule has 60 valence electrons. The summed E-state index contributed by atoms with van der Waals surface area (Å²) in [6.07, 6.45) is 1.54. The van der Waals surface area contributed by atoms with Gasteiger partial charge in [0.25, 0.3) is 0 Å². The van der Waals surface area contributed by atoms with Gasteiger partial charge in [-0.2, -0.15) is 5.06 Å². The van der Waals surface area contributed by atoms with Gasteiger partial charge in [0.1, 0.15) is 6.04 Å². The van der Waals surface area contributed by atoms with Crippen molar-refractivity contribution in [3.8, 4) is 0 Å².